The number of aryl methyl sites for hydroxylation is 2. The fourth-order valence-electron chi connectivity index (χ4n) is 3.97. The quantitative estimate of drug-likeness (QED) is 0.371. The summed E-state index contributed by atoms with van der Waals surface area (Å²) in [5.41, 5.74) is 4.03. The highest BCUT2D eigenvalue weighted by Gasteiger charge is 2.27. The Morgan fingerprint density at radius 2 is 1.94 bits per heavy atom. The van der Waals surface area contributed by atoms with Crippen molar-refractivity contribution in [1.29, 1.82) is 0 Å². The third-order valence-corrected chi connectivity index (χ3v) is 6.05. The van der Waals surface area contributed by atoms with Gasteiger partial charge in [0.2, 0.25) is 10.0 Å². The minimum Gasteiger partial charge on any atom is -0.508 e. The van der Waals surface area contributed by atoms with Crippen LogP contribution in [-0.4, -0.2) is 43.0 Å². The summed E-state index contributed by atoms with van der Waals surface area (Å²) in [7, 11) is -3.74. The van der Waals surface area contributed by atoms with Crippen molar-refractivity contribution in [3.8, 4) is 0 Å². The van der Waals surface area contributed by atoms with E-state index in [4.69, 9.17) is 5.11 Å². The lowest BCUT2D eigenvalue weighted by Gasteiger charge is -2.08. The highest BCUT2D eigenvalue weighted by Crippen LogP contribution is 2.34. The number of aliphatic hydroxyl groups excluding tert-OH is 1. The van der Waals surface area contributed by atoms with Crippen molar-refractivity contribution >= 4 is 38.2 Å². The Morgan fingerprint density at radius 1 is 1.23 bits per heavy atom. The van der Waals surface area contributed by atoms with Crippen molar-refractivity contribution in [2.75, 3.05) is 12.8 Å². The Labute approximate surface area is 204 Å². The molecule has 0 saturated heterocycles. The maximum atomic E-state index is 12.6. The highest BCUT2D eigenvalue weighted by atomic mass is 32.2. The van der Waals surface area contributed by atoms with Gasteiger partial charge in [-0.15, -0.1) is 0 Å². The molecule has 9 heteroatoms. The average molecular weight is 496 g/mol. The number of amides is 1. The van der Waals surface area contributed by atoms with E-state index in [0.29, 0.717) is 11.1 Å². The molecular weight excluding hydrogens is 466 g/mol. The van der Waals surface area contributed by atoms with E-state index < -0.39 is 15.9 Å². The van der Waals surface area contributed by atoms with Gasteiger partial charge in [-0.05, 0) is 79.9 Å². The summed E-state index contributed by atoms with van der Waals surface area (Å²) < 4.78 is 25.1. The second-order valence-corrected chi connectivity index (χ2v) is 9.91. The third-order valence-electron chi connectivity index (χ3n) is 5.49. The van der Waals surface area contributed by atoms with E-state index in [-0.39, 0.29) is 23.8 Å². The van der Waals surface area contributed by atoms with Crippen molar-refractivity contribution in [3.63, 3.8) is 0 Å². The van der Waals surface area contributed by atoms with Crippen LogP contribution in [0.2, 0.25) is 0 Å². The van der Waals surface area contributed by atoms with Gasteiger partial charge < -0.3 is 15.4 Å². The SMILES string of the molecule is C=C/C(O)=C\C=C/C.CS(=O)(=O)NC(=O)c1[nH]c2cc3c(cc2c1C1=CC=CNCC1=O)CCC3. The van der Waals surface area contributed by atoms with Crippen LogP contribution in [-0.2, 0) is 27.7 Å². The van der Waals surface area contributed by atoms with Crippen LogP contribution in [0.3, 0.4) is 0 Å². The lowest BCUT2D eigenvalue weighted by atomic mass is 9.96. The molecule has 2 aliphatic rings. The number of allylic oxidation sites excluding steroid dienone is 6. The molecule has 0 saturated carbocycles. The van der Waals surface area contributed by atoms with Crippen molar-refractivity contribution in [2.24, 2.45) is 0 Å². The molecule has 1 aliphatic carbocycles. The van der Waals surface area contributed by atoms with Crippen LogP contribution < -0.4 is 10.0 Å². The number of fused-ring (bicyclic) bond motifs is 2. The number of carbonyl (C=O) groups excluding carboxylic acids is 2. The number of hydrogen-bond donors (Lipinski definition) is 4. The van der Waals surface area contributed by atoms with Crippen LogP contribution in [0.4, 0.5) is 0 Å². The van der Waals surface area contributed by atoms with E-state index in [1.54, 1.807) is 30.5 Å². The van der Waals surface area contributed by atoms with Crippen molar-refractivity contribution < 1.29 is 23.1 Å². The van der Waals surface area contributed by atoms with Crippen molar-refractivity contribution in [3.05, 3.63) is 89.5 Å². The largest absolute Gasteiger partial charge is 0.508 e. The van der Waals surface area contributed by atoms with E-state index in [1.165, 1.54) is 17.2 Å². The van der Waals surface area contributed by atoms with Crippen LogP contribution in [0.5, 0.6) is 0 Å². The van der Waals surface area contributed by atoms with Gasteiger partial charge >= 0.3 is 0 Å². The first kappa shape index (κ1) is 25.8. The van der Waals surface area contributed by atoms with Crippen LogP contribution in [0.1, 0.15) is 40.5 Å². The number of aliphatic hydroxyl groups is 1. The summed E-state index contributed by atoms with van der Waals surface area (Å²) in [5, 5.41) is 12.3. The van der Waals surface area contributed by atoms with Gasteiger partial charge in [-0.1, -0.05) is 18.7 Å². The van der Waals surface area contributed by atoms with Crippen LogP contribution in [0.25, 0.3) is 16.5 Å². The molecular formula is C26H29N3O5S. The number of benzene rings is 1. The predicted octanol–water partition coefficient (Wildman–Crippen LogP) is 3.61. The summed E-state index contributed by atoms with van der Waals surface area (Å²) in [6, 6.07) is 4.01. The number of ketones is 1. The summed E-state index contributed by atoms with van der Waals surface area (Å²) in [4.78, 5) is 28.3. The Kier molecular flexibility index (Phi) is 8.14. The second-order valence-electron chi connectivity index (χ2n) is 8.16. The van der Waals surface area contributed by atoms with Crippen molar-refractivity contribution in [1.82, 2.24) is 15.0 Å². The summed E-state index contributed by atoms with van der Waals surface area (Å²) in [6.45, 7) is 5.35. The fraction of sp³-hybridized carbons (Fsp3) is 0.231. The molecule has 1 aliphatic heterocycles. The number of H-pyrrole nitrogens is 1. The Bertz CT molecular complexity index is 1390. The Hall–Kier alpha value is -3.85. The van der Waals surface area contributed by atoms with Gasteiger partial charge in [0.05, 0.1) is 12.8 Å². The topological polar surface area (TPSA) is 128 Å². The molecule has 8 nitrogen and oxygen atoms in total. The molecule has 1 aromatic carbocycles. The minimum atomic E-state index is -3.74. The van der Waals surface area contributed by atoms with Gasteiger partial charge in [0, 0.05) is 22.0 Å². The zero-order valence-electron chi connectivity index (χ0n) is 19.7. The Morgan fingerprint density at radius 3 is 2.60 bits per heavy atom. The van der Waals surface area contributed by atoms with Gasteiger partial charge in [0.25, 0.3) is 5.91 Å². The van der Waals surface area contributed by atoms with E-state index in [1.807, 2.05) is 29.9 Å². The van der Waals surface area contributed by atoms with E-state index in [9.17, 15) is 18.0 Å². The molecule has 4 N–H and O–H groups in total. The van der Waals surface area contributed by atoms with Gasteiger partial charge in [-0.2, -0.15) is 0 Å². The van der Waals surface area contributed by atoms with Crippen LogP contribution in [0, 0.1) is 0 Å². The molecule has 2 heterocycles. The number of hydrogen-bond acceptors (Lipinski definition) is 6. The maximum Gasteiger partial charge on any atom is 0.281 e. The zero-order chi connectivity index (χ0) is 25.6. The van der Waals surface area contributed by atoms with E-state index >= 15 is 0 Å². The molecule has 2 aromatic rings. The molecule has 0 atom stereocenters. The molecule has 0 unspecified atom stereocenters. The Balaban J connectivity index is 0.000000371. The number of sulfonamides is 1. The number of nitrogens with one attached hydrogen (secondary N) is 3. The van der Waals surface area contributed by atoms with Crippen molar-refractivity contribution in [2.45, 2.75) is 26.2 Å². The standard InChI is InChI=1S/C19H19N3O4S.C7H10O/c1-27(25,26)22-19(24)18-17(13-6-3-7-20-10-16(13)23)14-8-11-4-2-5-12(11)9-15(14)21-18;1-3-5-6-7(8)4-2/h3,6-9,20-21H,2,4-5,10H2,1H3,(H,22,24);3-6,8H,2H2,1H3/b;5-3-,7-6+. The number of aromatic amines is 1. The number of Topliss-reactive ketones (excluding diaryl/α,β-unsaturated/α-hetero) is 1. The first-order chi connectivity index (χ1) is 16.6. The smallest absolute Gasteiger partial charge is 0.281 e. The van der Waals surface area contributed by atoms with Gasteiger partial charge in [0.15, 0.2) is 5.78 Å². The lowest BCUT2D eigenvalue weighted by molar-refractivity contribution is -0.112. The molecule has 0 fully saturated rings. The summed E-state index contributed by atoms with van der Waals surface area (Å²) >= 11 is 0. The lowest BCUT2D eigenvalue weighted by Crippen LogP contribution is -2.30. The number of aromatic nitrogens is 1. The van der Waals surface area contributed by atoms with E-state index in [0.717, 1.165) is 36.4 Å². The molecule has 0 radical (unpaired) electrons. The van der Waals surface area contributed by atoms with E-state index in [2.05, 4.69) is 16.9 Å². The predicted molar refractivity (Wildman–Crippen MR) is 138 cm³/mol. The van der Waals surface area contributed by atoms with Gasteiger partial charge in [-0.25, -0.2) is 13.1 Å². The molecule has 0 bridgehead atoms. The monoisotopic (exact) mass is 495 g/mol. The van der Waals surface area contributed by atoms with Crippen LogP contribution in [0.15, 0.2) is 67.1 Å². The maximum absolute atomic E-state index is 12.6. The molecule has 184 valence electrons. The highest BCUT2D eigenvalue weighted by molar-refractivity contribution is 7.89. The zero-order valence-corrected chi connectivity index (χ0v) is 20.5. The normalized spacial score (nSPS) is 15.7. The third kappa shape index (κ3) is 6.39. The fourth-order valence-corrected chi connectivity index (χ4v) is 4.41. The first-order valence-corrected chi connectivity index (χ1v) is 13.0. The van der Waals surface area contributed by atoms with Crippen LogP contribution >= 0.6 is 0 Å². The summed E-state index contributed by atoms with van der Waals surface area (Å²) in [6.07, 6.45) is 15.5. The van der Waals surface area contributed by atoms with Gasteiger partial charge in [-0.3, -0.25) is 9.59 Å². The second kappa shape index (κ2) is 11.1. The first-order valence-electron chi connectivity index (χ1n) is 11.1. The summed E-state index contributed by atoms with van der Waals surface area (Å²) in [5.74, 6) is -0.753. The van der Waals surface area contributed by atoms with Gasteiger partial charge in [0.1, 0.15) is 11.5 Å². The number of carbonyl (C=O) groups is 2. The number of rotatable bonds is 5. The molecule has 1 aromatic heterocycles. The molecule has 35 heavy (non-hydrogen) atoms. The molecule has 0 spiro atoms. The average Bonchev–Trinajstić information content (AvgIpc) is 3.34. The molecule has 4 rings (SSSR count). The minimum absolute atomic E-state index is 0.0778. The molecule has 1 amide bonds.